The van der Waals surface area contributed by atoms with E-state index in [-0.39, 0.29) is 6.03 Å². The second-order valence-electron chi connectivity index (χ2n) is 9.36. The molecule has 7 nitrogen and oxygen atoms in total. The summed E-state index contributed by atoms with van der Waals surface area (Å²) in [5.41, 5.74) is 3.37. The van der Waals surface area contributed by atoms with Crippen molar-refractivity contribution in [2.45, 2.75) is 13.2 Å². The highest BCUT2D eigenvalue weighted by Crippen LogP contribution is 2.32. The number of fused-ring (bicyclic) bond motifs is 1. The molecular formula is C26H31N5O2. The lowest BCUT2D eigenvalue weighted by Crippen LogP contribution is -2.36. The Morgan fingerprint density at radius 2 is 1.73 bits per heavy atom. The lowest BCUT2D eigenvalue weighted by molar-refractivity contribution is 0.197. The molecule has 2 fully saturated rings. The maximum absolute atomic E-state index is 12.9. The van der Waals surface area contributed by atoms with Crippen molar-refractivity contribution in [2.24, 2.45) is 11.8 Å². The van der Waals surface area contributed by atoms with Crippen molar-refractivity contribution in [1.29, 1.82) is 0 Å². The first-order chi connectivity index (χ1) is 16.0. The molecule has 5 rings (SSSR count). The number of rotatable bonds is 6. The molecule has 0 bridgehead atoms. The van der Waals surface area contributed by atoms with Crippen molar-refractivity contribution in [3.05, 3.63) is 78.1 Å². The molecule has 2 atom stereocenters. The molecular weight excluding hydrogens is 414 g/mol. The van der Waals surface area contributed by atoms with Gasteiger partial charge in [0.15, 0.2) is 0 Å². The third-order valence-electron chi connectivity index (χ3n) is 6.67. The minimum absolute atomic E-state index is 0.0210. The molecule has 2 saturated heterocycles. The molecule has 2 unspecified atom stereocenters. The van der Waals surface area contributed by atoms with Crippen LogP contribution in [-0.2, 0) is 13.2 Å². The number of amides is 1. The summed E-state index contributed by atoms with van der Waals surface area (Å²) in [6.07, 6.45) is 3.53. The van der Waals surface area contributed by atoms with Crippen molar-refractivity contribution >= 4 is 11.7 Å². The molecule has 0 N–H and O–H groups in total. The van der Waals surface area contributed by atoms with Crippen molar-refractivity contribution in [3.63, 3.8) is 0 Å². The van der Waals surface area contributed by atoms with Crippen LogP contribution in [0.15, 0.2) is 67.0 Å². The largest absolute Gasteiger partial charge is 0.489 e. The van der Waals surface area contributed by atoms with Gasteiger partial charge in [0, 0.05) is 46.8 Å². The van der Waals surface area contributed by atoms with E-state index in [0.717, 1.165) is 44.2 Å². The monoisotopic (exact) mass is 445 g/mol. The summed E-state index contributed by atoms with van der Waals surface area (Å²) in [7, 11) is 3.90. The zero-order valence-corrected chi connectivity index (χ0v) is 19.3. The first-order valence-electron chi connectivity index (χ1n) is 11.5. The average molecular weight is 446 g/mol. The second kappa shape index (κ2) is 9.27. The predicted octanol–water partition coefficient (Wildman–Crippen LogP) is 3.56. The third kappa shape index (κ3) is 4.88. The van der Waals surface area contributed by atoms with Crippen molar-refractivity contribution in [1.82, 2.24) is 19.6 Å². The van der Waals surface area contributed by atoms with Gasteiger partial charge in [0.2, 0.25) is 0 Å². The van der Waals surface area contributed by atoms with Gasteiger partial charge < -0.3 is 14.5 Å². The fourth-order valence-electron chi connectivity index (χ4n) is 4.90. The van der Waals surface area contributed by atoms with Gasteiger partial charge in [-0.2, -0.15) is 9.78 Å². The van der Waals surface area contributed by atoms with Crippen LogP contribution in [0, 0.1) is 11.8 Å². The lowest BCUT2D eigenvalue weighted by atomic mass is 10.0. The summed E-state index contributed by atoms with van der Waals surface area (Å²) < 4.78 is 7.46. The SMILES string of the molecule is CN(C)c1cnn(C(=O)N2CC3CN(Cc4cccc(OCc5ccccc5)c4)CC3C2)c1. The molecule has 3 heterocycles. The molecule has 0 radical (unpaired) electrons. The van der Waals surface area contributed by atoms with Crippen LogP contribution in [0.4, 0.5) is 10.5 Å². The fourth-order valence-corrected chi connectivity index (χ4v) is 4.90. The maximum Gasteiger partial charge on any atom is 0.344 e. The van der Waals surface area contributed by atoms with Crippen LogP contribution in [0.2, 0.25) is 0 Å². The van der Waals surface area contributed by atoms with E-state index in [9.17, 15) is 4.79 Å². The van der Waals surface area contributed by atoms with Gasteiger partial charge in [-0.3, -0.25) is 4.90 Å². The molecule has 3 aromatic rings. The Hall–Kier alpha value is -3.32. The number of carbonyl (C=O) groups excluding carboxylic acids is 1. The van der Waals surface area contributed by atoms with E-state index in [1.807, 2.05) is 48.2 Å². The van der Waals surface area contributed by atoms with Gasteiger partial charge >= 0.3 is 6.03 Å². The van der Waals surface area contributed by atoms with Gasteiger partial charge in [0.1, 0.15) is 12.4 Å². The molecule has 172 valence electrons. The van der Waals surface area contributed by atoms with E-state index in [1.165, 1.54) is 15.8 Å². The minimum Gasteiger partial charge on any atom is -0.489 e. The van der Waals surface area contributed by atoms with Gasteiger partial charge in [-0.15, -0.1) is 0 Å². The van der Waals surface area contributed by atoms with Crippen LogP contribution in [0.3, 0.4) is 0 Å². The zero-order valence-electron chi connectivity index (χ0n) is 19.3. The summed E-state index contributed by atoms with van der Waals surface area (Å²) in [6, 6.07) is 18.6. The summed E-state index contributed by atoms with van der Waals surface area (Å²) in [5, 5.41) is 4.25. The van der Waals surface area contributed by atoms with Crippen molar-refractivity contribution in [3.8, 4) is 5.75 Å². The Morgan fingerprint density at radius 1 is 1.00 bits per heavy atom. The fraction of sp³-hybridized carbons (Fsp3) is 0.385. The van der Waals surface area contributed by atoms with Crippen LogP contribution in [-0.4, -0.2) is 65.9 Å². The van der Waals surface area contributed by atoms with Gasteiger partial charge in [0.25, 0.3) is 0 Å². The van der Waals surface area contributed by atoms with Crippen molar-refractivity contribution < 1.29 is 9.53 Å². The Balaban J connectivity index is 1.13. The van der Waals surface area contributed by atoms with Crippen LogP contribution in [0.25, 0.3) is 0 Å². The minimum atomic E-state index is -0.0210. The van der Waals surface area contributed by atoms with E-state index < -0.39 is 0 Å². The Morgan fingerprint density at radius 3 is 2.42 bits per heavy atom. The first kappa shape index (κ1) is 21.5. The molecule has 0 saturated carbocycles. The summed E-state index contributed by atoms with van der Waals surface area (Å²) in [5.74, 6) is 1.95. The topological polar surface area (TPSA) is 53.8 Å². The van der Waals surface area contributed by atoms with E-state index >= 15 is 0 Å². The highest BCUT2D eigenvalue weighted by Gasteiger charge is 2.41. The molecule has 0 spiro atoms. The molecule has 1 aromatic heterocycles. The van der Waals surface area contributed by atoms with E-state index in [2.05, 4.69) is 40.3 Å². The highest BCUT2D eigenvalue weighted by atomic mass is 16.5. The molecule has 7 heteroatoms. The van der Waals surface area contributed by atoms with Gasteiger partial charge in [0.05, 0.1) is 18.1 Å². The summed E-state index contributed by atoms with van der Waals surface area (Å²) >= 11 is 0. The number of carbonyl (C=O) groups is 1. The van der Waals surface area contributed by atoms with Crippen molar-refractivity contribution in [2.75, 3.05) is 45.2 Å². The van der Waals surface area contributed by atoms with Crippen LogP contribution in [0.5, 0.6) is 5.75 Å². The number of likely N-dealkylation sites (tertiary alicyclic amines) is 2. The van der Waals surface area contributed by atoms with E-state index in [1.54, 1.807) is 12.4 Å². The van der Waals surface area contributed by atoms with Gasteiger partial charge in [-0.05, 0) is 35.1 Å². The van der Waals surface area contributed by atoms with Crippen LogP contribution in [0.1, 0.15) is 11.1 Å². The Labute approximate surface area is 195 Å². The lowest BCUT2D eigenvalue weighted by Gasteiger charge is -2.21. The molecule has 2 aromatic carbocycles. The number of nitrogens with zero attached hydrogens (tertiary/aromatic N) is 5. The smallest absolute Gasteiger partial charge is 0.344 e. The van der Waals surface area contributed by atoms with E-state index in [0.29, 0.717) is 18.4 Å². The summed E-state index contributed by atoms with van der Waals surface area (Å²) in [4.78, 5) is 19.3. The predicted molar refractivity (Wildman–Crippen MR) is 128 cm³/mol. The van der Waals surface area contributed by atoms with Crippen LogP contribution >= 0.6 is 0 Å². The number of anilines is 1. The first-order valence-corrected chi connectivity index (χ1v) is 11.5. The molecule has 0 aliphatic carbocycles. The molecule has 33 heavy (non-hydrogen) atoms. The standard InChI is InChI=1S/C26H31N5O2/c1-28(2)24-12-27-31(18-24)26(32)30-16-22-14-29(15-23(22)17-30)13-21-9-6-10-25(11-21)33-19-20-7-4-3-5-8-20/h3-12,18,22-23H,13-17,19H2,1-2H3. The number of hydrogen-bond acceptors (Lipinski definition) is 5. The number of ether oxygens (including phenoxy) is 1. The Bertz CT molecular complexity index is 1080. The summed E-state index contributed by atoms with van der Waals surface area (Å²) in [6.45, 7) is 5.13. The number of aromatic nitrogens is 2. The normalized spacial score (nSPS) is 20.1. The molecule has 2 aliphatic rings. The zero-order chi connectivity index (χ0) is 22.8. The quantitative estimate of drug-likeness (QED) is 0.581. The number of hydrogen-bond donors (Lipinski definition) is 0. The average Bonchev–Trinajstić information content (AvgIpc) is 3.54. The third-order valence-corrected chi connectivity index (χ3v) is 6.67. The number of benzene rings is 2. The molecule has 1 amide bonds. The molecule has 2 aliphatic heterocycles. The van der Waals surface area contributed by atoms with Crippen LogP contribution < -0.4 is 9.64 Å². The van der Waals surface area contributed by atoms with E-state index in [4.69, 9.17) is 4.74 Å². The maximum atomic E-state index is 12.9. The highest BCUT2D eigenvalue weighted by molar-refractivity contribution is 5.77. The Kier molecular flexibility index (Phi) is 6.05. The second-order valence-corrected chi connectivity index (χ2v) is 9.36. The van der Waals surface area contributed by atoms with Gasteiger partial charge in [-0.1, -0.05) is 42.5 Å². The van der Waals surface area contributed by atoms with Gasteiger partial charge in [-0.25, -0.2) is 4.79 Å².